The van der Waals surface area contributed by atoms with E-state index in [9.17, 15) is 4.79 Å². The average molecular weight is 315 g/mol. The predicted molar refractivity (Wildman–Crippen MR) is 87.2 cm³/mol. The Kier molecular flexibility index (Phi) is 3.73. The average Bonchev–Trinajstić information content (AvgIpc) is 2.87. The maximum Gasteiger partial charge on any atom is 0.379 e. The van der Waals surface area contributed by atoms with Gasteiger partial charge in [-0.3, -0.25) is 0 Å². The molecule has 1 N–H and O–H groups in total. The Labute approximate surface area is 134 Å². The molecule has 0 radical (unpaired) electrons. The Morgan fingerprint density at radius 2 is 2.00 bits per heavy atom. The van der Waals surface area contributed by atoms with Gasteiger partial charge in [-0.2, -0.15) is 0 Å². The lowest BCUT2D eigenvalue weighted by molar-refractivity contribution is 0.137. The zero-order valence-corrected chi connectivity index (χ0v) is 13.2. The van der Waals surface area contributed by atoms with Crippen LogP contribution in [0.4, 0.5) is 0 Å². The van der Waals surface area contributed by atoms with E-state index in [1.165, 1.54) is 12.8 Å². The third kappa shape index (κ3) is 2.93. The first-order valence-corrected chi connectivity index (χ1v) is 8.34. The van der Waals surface area contributed by atoms with Crippen LogP contribution in [-0.4, -0.2) is 24.8 Å². The molecule has 4 rings (SSSR count). The van der Waals surface area contributed by atoms with Gasteiger partial charge in [-0.05, 0) is 50.8 Å². The third-order valence-corrected chi connectivity index (χ3v) is 4.71. The lowest BCUT2D eigenvalue weighted by atomic mass is 10.0. The van der Waals surface area contributed by atoms with Crippen LogP contribution >= 0.6 is 0 Å². The fourth-order valence-corrected chi connectivity index (χ4v) is 3.70. The number of piperidine rings is 1. The molecule has 0 spiro atoms. The third-order valence-electron chi connectivity index (χ3n) is 4.71. The molecule has 0 saturated carbocycles. The lowest BCUT2D eigenvalue weighted by Crippen LogP contribution is -2.42. The first-order valence-electron chi connectivity index (χ1n) is 8.34. The Morgan fingerprint density at radius 1 is 1.22 bits per heavy atom. The highest BCUT2D eigenvalue weighted by Gasteiger charge is 2.34. The number of fused-ring (bicyclic) bond motifs is 3. The normalized spacial score (nSPS) is 26.4. The first-order chi connectivity index (χ1) is 11.2. The molecule has 122 valence electrons. The minimum atomic E-state index is -0.448. The molecule has 5 heteroatoms. The summed E-state index contributed by atoms with van der Waals surface area (Å²) in [6.45, 7) is 2.28. The van der Waals surface area contributed by atoms with E-state index in [2.05, 4.69) is 5.32 Å². The molecule has 2 aromatic rings. The fraction of sp³-hybridized carbons (Fsp3) is 0.500. The quantitative estimate of drug-likeness (QED) is 0.879. The second kappa shape index (κ2) is 5.89. The Morgan fingerprint density at radius 3 is 2.74 bits per heavy atom. The monoisotopic (exact) mass is 315 g/mol. The molecular formula is C18H21NO4. The summed E-state index contributed by atoms with van der Waals surface area (Å²) in [5, 5.41) is 4.45. The van der Waals surface area contributed by atoms with Gasteiger partial charge >= 0.3 is 5.63 Å². The van der Waals surface area contributed by atoms with Crippen molar-refractivity contribution in [3.05, 3.63) is 34.7 Å². The number of ether oxygens (including phenoxy) is 2. The highest BCUT2D eigenvalue weighted by Crippen LogP contribution is 2.30. The molecule has 2 fully saturated rings. The molecule has 2 saturated heterocycles. The van der Waals surface area contributed by atoms with Crippen molar-refractivity contribution < 1.29 is 13.9 Å². The molecule has 0 aliphatic carbocycles. The van der Waals surface area contributed by atoms with Crippen LogP contribution in [0.25, 0.3) is 11.0 Å². The van der Waals surface area contributed by atoms with E-state index in [0.717, 1.165) is 24.0 Å². The zero-order chi connectivity index (χ0) is 15.8. The van der Waals surface area contributed by atoms with E-state index in [-0.39, 0.29) is 11.9 Å². The van der Waals surface area contributed by atoms with Crippen molar-refractivity contribution in [1.82, 2.24) is 5.32 Å². The molecule has 23 heavy (non-hydrogen) atoms. The summed E-state index contributed by atoms with van der Waals surface area (Å²) in [5.41, 5.74) is 0.0873. The van der Waals surface area contributed by atoms with Gasteiger partial charge in [0.15, 0.2) is 0 Å². The summed E-state index contributed by atoms with van der Waals surface area (Å²) >= 11 is 0. The Balaban J connectivity index is 1.56. The van der Waals surface area contributed by atoms with Crippen molar-refractivity contribution in [2.75, 3.05) is 6.61 Å². The van der Waals surface area contributed by atoms with E-state index < -0.39 is 5.63 Å². The maximum absolute atomic E-state index is 11.9. The summed E-state index contributed by atoms with van der Waals surface area (Å²) in [7, 11) is 0. The van der Waals surface area contributed by atoms with Gasteiger partial charge in [0.05, 0.1) is 6.61 Å². The highest BCUT2D eigenvalue weighted by atomic mass is 16.5. The summed E-state index contributed by atoms with van der Waals surface area (Å²) < 4.78 is 16.8. The molecule has 2 aliphatic heterocycles. The molecule has 1 aromatic carbocycles. The second-order valence-electron chi connectivity index (χ2n) is 6.38. The Hall–Kier alpha value is -2.01. The topological polar surface area (TPSA) is 60.7 Å². The van der Waals surface area contributed by atoms with Crippen molar-refractivity contribution >= 4 is 11.0 Å². The predicted octanol–water partition coefficient (Wildman–Crippen LogP) is 2.85. The smallest absolute Gasteiger partial charge is 0.379 e. The van der Waals surface area contributed by atoms with E-state index in [1.807, 2.05) is 19.1 Å². The van der Waals surface area contributed by atoms with Crippen LogP contribution in [0.5, 0.6) is 11.5 Å². The number of hydrogen-bond donors (Lipinski definition) is 1. The largest absolute Gasteiger partial charge is 0.490 e. The molecule has 2 aliphatic rings. The molecule has 0 unspecified atom stereocenters. The van der Waals surface area contributed by atoms with Gasteiger partial charge < -0.3 is 19.2 Å². The van der Waals surface area contributed by atoms with Gasteiger partial charge in [0.1, 0.15) is 17.4 Å². The van der Waals surface area contributed by atoms with E-state index in [0.29, 0.717) is 24.3 Å². The van der Waals surface area contributed by atoms with Crippen LogP contribution in [0.15, 0.2) is 33.5 Å². The SMILES string of the molecule is CCOc1cc2ccc(OC3C[C@H]4CC[C@H](C3)N4)cc2oc1=O. The summed E-state index contributed by atoms with van der Waals surface area (Å²) in [4.78, 5) is 11.9. The molecule has 0 amide bonds. The second-order valence-corrected chi connectivity index (χ2v) is 6.38. The molecular weight excluding hydrogens is 294 g/mol. The van der Waals surface area contributed by atoms with Crippen LogP contribution in [0, 0.1) is 0 Å². The van der Waals surface area contributed by atoms with Crippen molar-refractivity contribution in [2.24, 2.45) is 0 Å². The van der Waals surface area contributed by atoms with Crippen LogP contribution in [0.2, 0.25) is 0 Å². The molecule has 5 nitrogen and oxygen atoms in total. The van der Waals surface area contributed by atoms with E-state index >= 15 is 0 Å². The van der Waals surface area contributed by atoms with E-state index in [1.54, 1.807) is 12.1 Å². The van der Waals surface area contributed by atoms with Crippen molar-refractivity contribution in [2.45, 2.75) is 50.8 Å². The van der Waals surface area contributed by atoms with Gasteiger partial charge in [0.25, 0.3) is 0 Å². The van der Waals surface area contributed by atoms with Crippen LogP contribution in [0.3, 0.4) is 0 Å². The minimum Gasteiger partial charge on any atom is -0.490 e. The van der Waals surface area contributed by atoms with Crippen molar-refractivity contribution in [3.63, 3.8) is 0 Å². The Bertz CT molecular complexity index is 757. The van der Waals surface area contributed by atoms with Crippen LogP contribution in [0.1, 0.15) is 32.6 Å². The lowest BCUT2D eigenvalue weighted by Gasteiger charge is -2.29. The molecule has 1 aromatic heterocycles. The van der Waals surface area contributed by atoms with E-state index in [4.69, 9.17) is 13.9 Å². The van der Waals surface area contributed by atoms with Gasteiger partial charge in [-0.1, -0.05) is 0 Å². The number of hydrogen-bond acceptors (Lipinski definition) is 5. The first kappa shape index (κ1) is 14.6. The number of rotatable bonds is 4. The van der Waals surface area contributed by atoms with Crippen molar-refractivity contribution in [3.8, 4) is 11.5 Å². The van der Waals surface area contributed by atoms with Gasteiger partial charge in [-0.25, -0.2) is 4.79 Å². The van der Waals surface area contributed by atoms with Crippen LogP contribution in [-0.2, 0) is 0 Å². The summed E-state index contributed by atoms with van der Waals surface area (Å²) in [6.07, 6.45) is 4.82. The zero-order valence-electron chi connectivity index (χ0n) is 13.2. The highest BCUT2D eigenvalue weighted by molar-refractivity contribution is 5.79. The van der Waals surface area contributed by atoms with Gasteiger partial charge in [0.2, 0.25) is 5.75 Å². The maximum atomic E-state index is 11.9. The number of nitrogens with one attached hydrogen (secondary N) is 1. The molecule has 2 atom stereocenters. The van der Waals surface area contributed by atoms with Crippen molar-refractivity contribution in [1.29, 1.82) is 0 Å². The summed E-state index contributed by atoms with van der Waals surface area (Å²) in [5.74, 6) is 1.01. The molecule has 2 bridgehead atoms. The number of benzene rings is 1. The standard InChI is InChI=1S/C18H21NO4/c1-2-21-17-7-11-3-6-14(10-16(11)23-18(17)20)22-15-8-12-4-5-13(9-15)19-12/h3,6-7,10,12-13,15,19H,2,4-5,8-9H2,1H3/t12-,13-/m1/s1. The fourth-order valence-electron chi connectivity index (χ4n) is 3.70. The summed E-state index contributed by atoms with van der Waals surface area (Å²) in [6, 6.07) is 8.54. The van der Waals surface area contributed by atoms with Gasteiger partial charge in [0, 0.05) is 23.5 Å². The van der Waals surface area contributed by atoms with Gasteiger partial charge in [-0.15, -0.1) is 0 Å². The molecule has 3 heterocycles. The van der Waals surface area contributed by atoms with Crippen LogP contribution < -0.4 is 20.4 Å². The minimum absolute atomic E-state index is 0.237.